The molecule has 0 aliphatic rings. The number of ketones is 1. The molecule has 236 valence electrons. The van der Waals surface area contributed by atoms with Crippen LogP contribution < -0.4 is 4.74 Å². The maximum atomic E-state index is 13.8. The maximum absolute atomic E-state index is 13.8. The van der Waals surface area contributed by atoms with Gasteiger partial charge in [0.2, 0.25) is 0 Å². The molecule has 0 aliphatic carbocycles. The molecule has 1 aromatic heterocycles. The number of ether oxygens (including phenoxy) is 1. The lowest BCUT2D eigenvalue weighted by Gasteiger charge is -2.26. The van der Waals surface area contributed by atoms with Crippen LogP contribution in [0.3, 0.4) is 0 Å². The number of benzene rings is 3. The zero-order valence-corrected chi connectivity index (χ0v) is 26.4. The Hall–Kier alpha value is -3.26. The van der Waals surface area contributed by atoms with Gasteiger partial charge in [0.25, 0.3) is 0 Å². The first-order chi connectivity index (χ1) is 20.7. The molecule has 3 aromatic carbocycles. The summed E-state index contributed by atoms with van der Waals surface area (Å²) in [4.78, 5) is 14.8. The van der Waals surface area contributed by atoms with Crippen LogP contribution >= 0.6 is 11.3 Å². The number of fused-ring (bicyclic) bond motifs is 1. The van der Waals surface area contributed by atoms with Gasteiger partial charge >= 0.3 is 12.1 Å². The van der Waals surface area contributed by atoms with Crippen LogP contribution in [0.25, 0.3) is 20.5 Å². The molecule has 0 saturated heterocycles. The summed E-state index contributed by atoms with van der Waals surface area (Å²) in [6.45, 7) is 8.38. The highest BCUT2D eigenvalue weighted by molar-refractivity contribution is 7.22. The fraction of sp³-hybridized carbons (Fsp3) is 0.417. The first kappa shape index (κ1) is 33.6. The van der Waals surface area contributed by atoms with Crippen LogP contribution in [0.5, 0.6) is 5.75 Å². The van der Waals surface area contributed by atoms with Gasteiger partial charge in [-0.3, -0.25) is 4.79 Å². The van der Waals surface area contributed by atoms with Crippen molar-refractivity contribution in [3.8, 4) is 16.2 Å². The van der Waals surface area contributed by atoms with Crippen molar-refractivity contribution in [2.75, 3.05) is 6.61 Å². The van der Waals surface area contributed by atoms with E-state index < -0.39 is 18.5 Å². The third kappa shape index (κ3) is 8.46. The van der Waals surface area contributed by atoms with Crippen molar-refractivity contribution < 1.29 is 31.5 Å². The van der Waals surface area contributed by atoms with E-state index >= 15 is 0 Å². The number of alkyl halides is 5. The molecule has 0 aliphatic heterocycles. The molecular formula is C36H39F5O2S. The van der Waals surface area contributed by atoms with Crippen LogP contribution in [0, 0.1) is 19.3 Å². The second-order valence-electron chi connectivity index (χ2n) is 12.4. The van der Waals surface area contributed by atoms with E-state index in [0.717, 1.165) is 57.3 Å². The van der Waals surface area contributed by atoms with Crippen LogP contribution in [0.2, 0.25) is 0 Å². The van der Waals surface area contributed by atoms with Gasteiger partial charge in [0.1, 0.15) is 5.75 Å². The van der Waals surface area contributed by atoms with Crippen LogP contribution in [-0.4, -0.2) is 24.5 Å². The first-order valence-corrected chi connectivity index (χ1v) is 15.8. The second-order valence-corrected chi connectivity index (χ2v) is 13.5. The SMILES string of the molecule is Cc1ccc(-c2sc3cc(C)ccc3c2C(=O)c2ccc(OCCCCCC(C)(C)CCCC(F)(F)C(F)(F)F)cc2)cc1. The predicted molar refractivity (Wildman–Crippen MR) is 169 cm³/mol. The van der Waals surface area contributed by atoms with E-state index in [1.54, 1.807) is 35.6 Å². The number of aryl methyl sites for hydroxylation is 2. The molecule has 0 spiro atoms. The number of hydrogen-bond acceptors (Lipinski definition) is 3. The monoisotopic (exact) mass is 630 g/mol. The summed E-state index contributed by atoms with van der Waals surface area (Å²) >= 11 is 1.63. The Morgan fingerprint density at radius 1 is 0.750 bits per heavy atom. The minimum atomic E-state index is -5.49. The van der Waals surface area contributed by atoms with Gasteiger partial charge in [0, 0.05) is 32.5 Å². The number of thiophene rings is 1. The largest absolute Gasteiger partial charge is 0.494 e. The molecule has 0 unspecified atom stereocenters. The van der Waals surface area contributed by atoms with Gasteiger partial charge in [-0.1, -0.05) is 68.7 Å². The summed E-state index contributed by atoms with van der Waals surface area (Å²) in [5, 5.41) is 0.948. The number of halogens is 5. The van der Waals surface area contributed by atoms with E-state index in [1.165, 1.54) is 0 Å². The Labute approximate surface area is 260 Å². The molecular weight excluding hydrogens is 591 g/mol. The predicted octanol–water partition coefficient (Wildman–Crippen LogP) is 11.7. The summed E-state index contributed by atoms with van der Waals surface area (Å²) in [6.07, 6.45) is -3.32. The third-order valence-electron chi connectivity index (χ3n) is 8.03. The Bertz CT molecular complexity index is 1550. The van der Waals surface area contributed by atoms with Crippen LogP contribution in [0.1, 0.15) is 85.8 Å². The summed E-state index contributed by atoms with van der Waals surface area (Å²) in [5.41, 5.74) is 4.30. The Morgan fingerprint density at radius 2 is 1.39 bits per heavy atom. The lowest BCUT2D eigenvalue weighted by Crippen LogP contribution is -2.36. The Kier molecular flexibility index (Phi) is 10.5. The number of hydrogen-bond donors (Lipinski definition) is 0. The molecule has 0 atom stereocenters. The molecule has 0 amide bonds. The first-order valence-electron chi connectivity index (χ1n) is 15.0. The maximum Gasteiger partial charge on any atom is 0.453 e. The average Bonchev–Trinajstić information content (AvgIpc) is 3.32. The summed E-state index contributed by atoms with van der Waals surface area (Å²) in [6, 6.07) is 21.6. The quantitative estimate of drug-likeness (QED) is 0.0787. The lowest BCUT2D eigenvalue weighted by molar-refractivity contribution is -0.284. The zero-order valence-electron chi connectivity index (χ0n) is 25.6. The highest BCUT2D eigenvalue weighted by atomic mass is 32.1. The van der Waals surface area contributed by atoms with Crippen molar-refractivity contribution in [1.29, 1.82) is 0 Å². The van der Waals surface area contributed by atoms with Gasteiger partial charge in [0.05, 0.1) is 6.61 Å². The van der Waals surface area contributed by atoms with E-state index in [-0.39, 0.29) is 17.6 Å². The zero-order chi connectivity index (χ0) is 32.1. The summed E-state index contributed by atoms with van der Waals surface area (Å²) in [7, 11) is 0. The summed E-state index contributed by atoms with van der Waals surface area (Å²) in [5.74, 6) is -4.00. The fourth-order valence-corrected chi connectivity index (χ4v) is 6.62. The van der Waals surface area contributed by atoms with E-state index in [2.05, 4.69) is 30.3 Å². The van der Waals surface area contributed by atoms with Gasteiger partial charge < -0.3 is 4.74 Å². The highest BCUT2D eigenvalue weighted by Crippen LogP contribution is 2.42. The van der Waals surface area contributed by atoms with Crippen molar-refractivity contribution in [3.63, 3.8) is 0 Å². The smallest absolute Gasteiger partial charge is 0.453 e. The second kappa shape index (κ2) is 13.8. The van der Waals surface area contributed by atoms with Crippen molar-refractivity contribution in [3.05, 3.63) is 89.0 Å². The van der Waals surface area contributed by atoms with E-state index in [9.17, 15) is 26.7 Å². The van der Waals surface area contributed by atoms with Gasteiger partial charge in [-0.15, -0.1) is 11.3 Å². The molecule has 2 nitrogen and oxygen atoms in total. The summed E-state index contributed by atoms with van der Waals surface area (Å²) < 4.78 is 70.4. The topological polar surface area (TPSA) is 26.3 Å². The Morgan fingerprint density at radius 3 is 2.05 bits per heavy atom. The normalized spacial score (nSPS) is 12.6. The average molecular weight is 631 g/mol. The van der Waals surface area contributed by atoms with Gasteiger partial charge in [-0.25, -0.2) is 0 Å². The molecule has 1 heterocycles. The minimum Gasteiger partial charge on any atom is -0.494 e. The van der Waals surface area contributed by atoms with E-state index in [4.69, 9.17) is 4.74 Å². The van der Waals surface area contributed by atoms with Crippen LogP contribution in [-0.2, 0) is 0 Å². The molecule has 8 heteroatoms. The van der Waals surface area contributed by atoms with E-state index in [1.807, 2.05) is 39.8 Å². The Balaban J connectivity index is 1.29. The number of rotatable bonds is 14. The molecule has 0 radical (unpaired) electrons. The minimum absolute atomic E-state index is 0.0352. The van der Waals surface area contributed by atoms with Gasteiger partial charge in [0.15, 0.2) is 5.78 Å². The standard InChI is InChI=1S/C36H39F5O2S/c1-24-9-12-27(13-10-24)33-31(29-18-11-25(2)23-30(29)44-33)32(42)26-14-16-28(17-15-26)43-22-7-5-6-19-34(3,4)20-8-21-35(37,38)36(39,40)41/h9-18,23H,5-8,19-22H2,1-4H3. The van der Waals surface area contributed by atoms with Gasteiger partial charge in [-0.05, 0) is 86.4 Å². The lowest BCUT2D eigenvalue weighted by atomic mass is 9.82. The van der Waals surface area contributed by atoms with Crippen molar-refractivity contribution in [1.82, 2.24) is 0 Å². The molecule has 4 rings (SSSR count). The van der Waals surface area contributed by atoms with Crippen molar-refractivity contribution in [2.24, 2.45) is 5.41 Å². The molecule has 0 bridgehead atoms. The number of unbranched alkanes of at least 4 members (excludes halogenated alkanes) is 2. The molecule has 0 N–H and O–H groups in total. The molecule has 4 aromatic rings. The number of carbonyl (C=O) groups is 1. The van der Waals surface area contributed by atoms with Crippen molar-refractivity contribution >= 4 is 27.2 Å². The highest BCUT2D eigenvalue weighted by Gasteiger charge is 2.56. The fourth-order valence-electron chi connectivity index (χ4n) is 5.31. The molecule has 44 heavy (non-hydrogen) atoms. The molecule has 0 fully saturated rings. The van der Waals surface area contributed by atoms with E-state index in [0.29, 0.717) is 29.9 Å². The van der Waals surface area contributed by atoms with Crippen LogP contribution in [0.4, 0.5) is 22.0 Å². The van der Waals surface area contributed by atoms with Crippen LogP contribution in [0.15, 0.2) is 66.7 Å². The van der Waals surface area contributed by atoms with Gasteiger partial charge in [-0.2, -0.15) is 22.0 Å². The third-order valence-corrected chi connectivity index (χ3v) is 9.23. The number of carbonyl (C=O) groups excluding carboxylic acids is 1. The van der Waals surface area contributed by atoms with Crippen molar-refractivity contribution in [2.45, 2.75) is 84.7 Å². The molecule has 0 saturated carbocycles.